The molecule has 3 atom stereocenters. The Balaban J connectivity index is 1.96. The van der Waals surface area contributed by atoms with E-state index in [-0.39, 0.29) is 0 Å². The lowest BCUT2D eigenvalue weighted by atomic mass is 9.92. The van der Waals surface area contributed by atoms with Crippen LogP contribution in [0.15, 0.2) is 0 Å². The van der Waals surface area contributed by atoms with Crippen LogP contribution in [0.25, 0.3) is 0 Å². The van der Waals surface area contributed by atoms with Crippen LogP contribution in [0.1, 0.15) is 20.3 Å². The van der Waals surface area contributed by atoms with Gasteiger partial charge in [0.15, 0.2) is 0 Å². The highest BCUT2D eigenvalue weighted by molar-refractivity contribution is 4.87. The summed E-state index contributed by atoms with van der Waals surface area (Å²) in [5, 5.41) is 3.50. The van der Waals surface area contributed by atoms with E-state index in [1.54, 1.807) is 0 Å². The van der Waals surface area contributed by atoms with E-state index in [2.05, 4.69) is 24.1 Å². The van der Waals surface area contributed by atoms with Gasteiger partial charge in [0.1, 0.15) is 0 Å². The highest BCUT2D eigenvalue weighted by Gasteiger charge is 2.31. The summed E-state index contributed by atoms with van der Waals surface area (Å²) in [6.07, 6.45) is 1.31. The largest absolute Gasteiger partial charge is 0.379 e. The van der Waals surface area contributed by atoms with Crippen LogP contribution in [0.4, 0.5) is 0 Å². The zero-order chi connectivity index (χ0) is 9.97. The molecule has 82 valence electrons. The Morgan fingerprint density at radius 2 is 2.21 bits per heavy atom. The molecule has 14 heavy (non-hydrogen) atoms. The van der Waals surface area contributed by atoms with Crippen molar-refractivity contribution in [3.8, 4) is 0 Å². The number of rotatable bonds is 1. The molecule has 3 heteroatoms. The SMILES string of the molecule is CC1CCNCC1N1CCOCC1C. The quantitative estimate of drug-likeness (QED) is 0.671. The van der Waals surface area contributed by atoms with E-state index in [4.69, 9.17) is 4.74 Å². The van der Waals surface area contributed by atoms with Gasteiger partial charge in [-0.15, -0.1) is 0 Å². The molecule has 0 spiro atoms. The molecule has 0 radical (unpaired) electrons. The van der Waals surface area contributed by atoms with Crippen molar-refractivity contribution in [2.75, 3.05) is 32.8 Å². The number of hydrogen-bond donors (Lipinski definition) is 1. The molecule has 0 saturated carbocycles. The molecule has 0 aromatic carbocycles. The zero-order valence-corrected chi connectivity index (χ0v) is 9.33. The first kappa shape index (κ1) is 10.4. The zero-order valence-electron chi connectivity index (χ0n) is 9.33. The third-order valence-electron chi connectivity index (χ3n) is 3.63. The van der Waals surface area contributed by atoms with Crippen molar-refractivity contribution in [1.29, 1.82) is 0 Å². The van der Waals surface area contributed by atoms with Gasteiger partial charge >= 0.3 is 0 Å². The van der Waals surface area contributed by atoms with Crippen LogP contribution in [-0.4, -0.2) is 49.8 Å². The molecule has 2 aliphatic heterocycles. The summed E-state index contributed by atoms with van der Waals surface area (Å²) in [6.45, 7) is 9.94. The summed E-state index contributed by atoms with van der Waals surface area (Å²) in [5.74, 6) is 0.830. The van der Waals surface area contributed by atoms with Crippen molar-refractivity contribution < 1.29 is 4.74 Å². The number of ether oxygens (including phenoxy) is 1. The monoisotopic (exact) mass is 198 g/mol. The molecule has 0 bridgehead atoms. The Morgan fingerprint density at radius 1 is 1.36 bits per heavy atom. The summed E-state index contributed by atoms with van der Waals surface area (Å²) in [6, 6.07) is 1.32. The molecule has 1 N–H and O–H groups in total. The second-order valence-corrected chi connectivity index (χ2v) is 4.70. The van der Waals surface area contributed by atoms with Gasteiger partial charge in [-0.05, 0) is 25.8 Å². The Kier molecular flexibility index (Phi) is 3.42. The van der Waals surface area contributed by atoms with Crippen LogP contribution in [-0.2, 0) is 4.74 Å². The molecule has 0 amide bonds. The Hall–Kier alpha value is -0.120. The normalized spacial score (nSPS) is 41.1. The number of nitrogens with one attached hydrogen (secondary N) is 1. The standard InChI is InChI=1S/C11H22N2O/c1-9-3-4-12-7-11(9)13-5-6-14-8-10(13)2/h9-12H,3-8H2,1-2H3. The number of hydrogen-bond acceptors (Lipinski definition) is 3. The fourth-order valence-corrected chi connectivity index (χ4v) is 2.65. The molecule has 0 aromatic heterocycles. The van der Waals surface area contributed by atoms with Crippen LogP contribution in [0.5, 0.6) is 0 Å². The molecular weight excluding hydrogens is 176 g/mol. The van der Waals surface area contributed by atoms with E-state index in [0.29, 0.717) is 6.04 Å². The van der Waals surface area contributed by atoms with Gasteiger partial charge in [0.2, 0.25) is 0 Å². The van der Waals surface area contributed by atoms with Crippen molar-refractivity contribution in [2.24, 2.45) is 5.92 Å². The lowest BCUT2D eigenvalue weighted by Gasteiger charge is -2.44. The van der Waals surface area contributed by atoms with Crippen LogP contribution in [0.3, 0.4) is 0 Å². The van der Waals surface area contributed by atoms with Crippen molar-refractivity contribution in [2.45, 2.75) is 32.4 Å². The van der Waals surface area contributed by atoms with Crippen molar-refractivity contribution in [1.82, 2.24) is 10.2 Å². The summed E-state index contributed by atoms with van der Waals surface area (Å²) in [5.41, 5.74) is 0. The molecule has 2 rings (SSSR count). The van der Waals surface area contributed by atoms with Crippen LogP contribution >= 0.6 is 0 Å². The minimum atomic E-state index is 0.594. The molecule has 0 aromatic rings. The maximum Gasteiger partial charge on any atom is 0.0619 e. The Bertz CT molecular complexity index is 166. The molecule has 2 heterocycles. The van der Waals surface area contributed by atoms with Gasteiger partial charge in [0.05, 0.1) is 13.2 Å². The minimum Gasteiger partial charge on any atom is -0.379 e. The van der Waals surface area contributed by atoms with Crippen molar-refractivity contribution in [3.05, 3.63) is 0 Å². The van der Waals surface area contributed by atoms with E-state index in [0.717, 1.165) is 38.3 Å². The number of piperidine rings is 1. The summed E-state index contributed by atoms with van der Waals surface area (Å²) >= 11 is 0. The van der Waals surface area contributed by atoms with Gasteiger partial charge in [-0.2, -0.15) is 0 Å². The van der Waals surface area contributed by atoms with Gasteiger partial charge in [0, 0.05) is 25.2 Å². The summed E-state index contributed by atoms with van der Waals surface area (Å²) in [7, 11) is 0. The molecule has 0 aliphatic carbocycles. The maximum atomic E-state index is 5.48. The predicted octanol–water partition coefficient (Wildman–Crippen LogP) is 0.705. The average molecular weight is 198 g/mol. The number of nitrogens with zero attached hydrogens (tertiary/aromatic N) is 1. The summed E-state index contributed by atoms with van der Waals surface area (Å²) in [4.78, 5) is 2.63. The van der Waals surface area contributed by atoms with Gasteiger partial charge < -0.3 is 10.1 Å². The van der Waals surface area contributed by atoms with E-state index < -0.39 is 0 Å². The predicted molar refractivity (Wildman–Crippen MR) is 57.4 cm³/mol. The third-order valence-corrected chi connectivity index (χ3v) is 3.63. The first-order valence-corrected chi connectivity index (χ1v) is 5.83. The lowest BCUT2D eigenvalue weighted by Crippen LogP contribution is -2.57. The van der Waals surface area contributed by atoms with E-state index in [1.165, 1.54) is 13.0 Å². The van der Waals surface area contributed by atoms with Crippen LogP contribution < -0.4 is 5.32 Å². The Morgan fingerprint density at radius 3 is 2.93 bits per heavy atom. The summed E-state index contributed by atoms with van der Waals surface area (Å²) < 4.78 is 5.48. The smallest absolute Gasteiger partial charge is 0.0619 e. The van der Waals surface area contributed by atoms with Gasteiger partial charge in [-0.3, -0.25) is 4.90 Å². The highest BCUT2D eigenvalue weighted by Crippen LogP contribution is 2.21. The van der Waals surface area contributed by atoms with Gasteiger partial charge in [-0.25, -0.2) is 0 Å². The molecule has 2 aliphatic rings. The maximum absolute atomic E-state index is 5.48. The lowest BCUT2D eigenvalue weighted by molar-refractivity contribution is -0.0373. The number of morpholine rings is 1. The minimum absolute atomic E-state index is 0.594. The van der Waals surface area contributed by atoms with E-state index in [1.807, 2.05) is 0 Å². The van der Waals surface area contributed by atoms with E-state index >= 15 is 0 Å². The van der Waals surface area contributed by atoms with E-state index in [9.17, 15) is 0 Å². The van der Waals surface area contributed by atoms with Crippen molar-refractivity contribution in [3.63, 3.8) is 0 Å². The van der Waals surface area contributed by atoms with Crippen LogP contribution in [0, 0.1) is 5.92 Å². The fourth-order valence-electron chi connectivity index (χ4n) is 2.65. The topological polar surface area (TPSA) is 24.5 Å². The van der Waals surface area contributed by atoms with Gasteiger partial charge in [-0.1, -0.05) is 6.92 Å². The fraction of sp³-hybridized carbons (Fsp3) is 1.00. The molecule has 3 unspecified atom stereocenters. The average Bonchev–Trinajstić information content (AvgIpc) is 2.20. The molecule has 2 fully saturated rings. The second kappa shape index (κ2) is 4.60. The van der Waals surface area contributed by atoms with Gasteiger partial charge in [0.25, 0.3) is 0 Å². The second-order valence-electron chi connectivity index (χ2n) is 4.70. The molecular formula is C11H22N2O. The first-order valence-electron chi connectivity index (χ1n) is 5.83. The first-order chi connectivity index (χ1) is 6.79. The highest BCUT2D eigenvalue weighted by atomic mass is 16.5. The van der Waals surface area contributed by atoms with Crippen molar-refractivity contribution >= 4 is 0 Å². The molecule has 2 saturated heterocycles. The molecule has 3 nitrogen and oxygen atoms in total. The van der Waals surface area contributed by atoms with Crippen LogP contribution in [0.2, 0.25) is 0 Å². The Labute approximate surface area is 86.8 Å². The third kappa shape index (κ3) is 2.10.